The molecule has 1 aromatic heterocycles. The lowest BCUT2D eigenvalue weighted by molar-refractivity contribution is 0.626. The molecule has 1 heterocycles. The third kappa shape index (κ3) is 3.38. The van der Waals surface area contributed by atoms with Gasteiger partial charge in [0.2, 0.25) is 0 Å². The smallest absolute Gasteiger partial charge is 0.282 e. The molecule has 1 atom stereocenters. The molecule has 0 fully saturated rings. The highest BCUT2D eigenvalue weighted by Gasteiger charge is 2.17. The van der Waals surface area contributed by atoms with E-state index in [0.717, 1.165) is 11.1 Å². The molecule has 1 unspecified atom stereocenters. The fourth-order valence-corrected chi connectivity index (χ4v) is 2.90. The van der Waals surface area contributed by atoms with E-state index >= 15 is 0 Å². The van der Waals surface area contributed by atoms with Crippen LogP contribution < -0.4 is 10.9 Å². The van der Waals surface area contributed by atoms with Crippen molar-refractivity contribution in [2.45, 2.75) is 6.04 Å². The van der Waals surface area contributed by atoms with Gasteiger partial charge in [-0.15, -0.1) is 0 Å². The summed E-state index contributed by atoms with van der Waals surface area (Å²) in [7, 11) is 1.59. The molecular formula is C18H15BrFN3O. The van der Waals surface area contributed by atoms with Gasteiger partial charge in [-0.2, -0.15) is 5.10 Å². The zero-order chi connectivity index (χ0) is 17.1. The number of anilines is 1. The van der Waals surface area contributed by atoms with E-state index in [2.05, 4.69) is 26.3 Å². The van der Waals surface area contributed by atoms with E-state index < -0.39 is 0 Å². The van der Waals surface area contributed by atoms with Crippen LogP contribution in [0, 0.1) is 5.82 Å². The van der Waals surface area contributed by atoms with E-state index in [1.54, 1.807) is 25.4 Å². The Hall–Kier alpha value is -2.47. The Morgan fingerprint density at radius 1 is 1.08 bits per heavy atom. The number of hydrogen-bond donors (Lipinski definition) is 1. The van der Waals surface area contributed by atoms with Gasteiger partial charge in [0.15, 0.2) is 0 Å². The molecule has 1 N–H and O–H groups in total. The molecule has 0 aliphatic heterocycles. The van der Waals surface area contributed by atoms with Crippen LogP contribution in [-0.2, 0) is 7.05 Å². The van der Waals surface area contributed by atoms with Gasteiger partial charge in [0.1, 0.15) is 10.3 Å². The quantitative estimate of drug-likeness (QED) is 0.738. The molecule has 2 aromatic carbocycles. The van der Waals surface area contributed by atoms with Crippen molar-refractivity contribution >= 4 is 21.6 Å². The van der Waals surface area contributed by atoms with Crippen molar-refractivity contribution in [2.24, 2.45) is 7.05 Å². The first-order chi connectivity index (χ1) is 11.6. The largest absolute Gasteiger partial charge is 0.372 e. The first kappa shape index (κ1) is 16.4. The maximum atomic E-state index is 13.3. The highest BCUT2D eigenvalue weighted by Crippen LogP contribution is 2.28. The third-order valence-corrected chi connectivity index (χ3v) is 4.48. The van der Waals surface area contributed by atoms with Gasteiger partial charge in [-0.05, 0) is 39.2 Å². The number of nitrogens with one attached hydrogen (secondary N) is 1. The standard InChI is InChI=1S/C18H15BrFN3O/c1-23-18(24)16(19)15(11-21-23)22-17(12-5-3-2-4-6-12)13-7-9-14(20)10-8-13/h2-11,17,22H,1H3. The van der Waals surface area contributed by atoms with Crippen LogP contribution in [-0.4, -0.2) is 9.78 Å². The second-order valence-electron chi connectivity index (χ2n) is 5.34. The SMILES string of the molecule is Cn1ncc(NC(c2ccccc2)c2ccc(F)cc2)c(Br)c1=O. The average Bonchev–Trinajstić information content (AvgIpc) is 2.61. The molecule has 0 amide bonds. The van der Waals surface area contributed by atoms with Gasteiger partial charge in [-0.25, -0.2) is 9.07 Å². The summed E-state index contributed by atoms with van der Waals surface area (Å²) in [6, 6.07) is 15.8. The van der Waals surface area contributed by atoms with Crippen LogP contribution in [0.3, 0.4) is 0 Å². The van der Waals surface area contributed by atoms with E-state index in [4.69, 9.17) is 0 Å². The molecule has 0 aliphatic carbocycles. The minimum Gasteiger partial charge on any atom is -0.372 e. The van der Waals surface area contributed by atoms with Gasteiger partial charge in [0.05, 0.1) is 17.9 Å². The molecule has 0 aliphatic rings. The lowest BCUT2D eigenvalue weighted by atomic mass is 9.98. The lowest BCUT2D eigenvalue weighted by Gasteiger charge is -2.21. The highest BCUT2D eigenvalue weighted by atomic mass is 79.9. The topological polar surface area (TPSA) is 46.9 Å². The maximum Gasteiger partial charge on any atom is 0.282 e. The summed E-state index contributed by atoms with van der Waals surface area (Å²) in [5.41, 5.74) is 2.23. The summed E-state index contributed by atoms with van der Waals surface area (Å²) < 4.78 is 14.9. The van der Waals surface area contributed by atoms with Crippen LogP contribution in [0.15, 0.2) is 70.1 Å². The normalized spacial score (nSPS) is 12.0. The van der Waals surface area contributed by atoms with Gasteiger partial charge >= 0.3 is 0 Å². The predicted molar refractivity (Wildman–Crippen MR) is 95.5 cm³/mol. The van der Waals surface area contributed by atoms with Crippen molar-refractivity contribution in [1.29, 1.82) is 0 Å². The Kier molecular flexibility index (Phi) is 4.76. The van der Waals surface area contributed by atoms with E-state index in [-0.39, 0.29) is 17.4 Å². The Balaban J connectivity index is 2.04. The molecule has 0 radical (unpaired) electrons. The third-order valence-electron chi connectivity index (χ3n) is 3.71. The van der Waals surface area contributed by atoms with Crippen molar-refractivity contribution in [3.8, 4) is 0 Å². The Labute approximate surface area is 147 Å². The van der Waals surface area contributed by atoms with Crippen LogP contribution >= 0.6 is 15.9 Å². The molecule has 6 heteroatoms. The summed E-state index contributed by atoms with van der Waals surface area (Å²) in [6.45, 7) is 0. The summed E-state index contributed by atoms with van der Waals surface area (Å²) in [5, 5.41) is 7.37. The fourth-order valence-electron chi connectivity index (χ4n) is 2.43. The molecule has 0 spiro atoms. The van der Waals surface area contributed by atoms with E-state index in [0.29, 0.717) is 10.2 Å². The molecule has 3 aromatic rings. The number of halogens is 2. The first-order valence-corrected chi connectivity index (χ1v) is 8.14. The molecule has 24 heavy (non-hydrogen) atoms. The fraction of sp³-hybridized carbons (Fsp3) is 0.111. The Morgan fingerprint density at radius 3 is 2.38 bits per heavy atom. The molecule has 4 nitrogen and oxygen atoms in total. The second-order valence-corrected chi connectivity index (χ2v) is 6.13. The molecule has 122 valence electrons. The summed E-state index contributed by atoms with van der Waals surface area (Å²) >= 11 is 3.32. The van der Waals surface area contributed by atoms with E-state index in [9.17, 15) is 9.18 Å². The molecule has 0 saturated heterocycles. The summed E-state index contributed by atoms with van der Waals surface area (Å²) in [4.78, 5) is 12.1. The zero-order valence-corrected chi connectivity index (χ0v) is 14.5. The minimum atomic E-state index is -0.290. The number of hydrogen-bond acceptors (Lipinski definition) is 3. The predicted octanol–water partition coefficient (Wildman–Crippen LogP) is 3.88. The van der Waals surface area contributed by atoms with Crippen molar-refractivity contribution in [3.05, 3.63) is 92.6 Å². The summed E-state index contributed by atoms with van der Waals surface area (Å²) in [6.07, 6.45) is 1.59. The van der Waals surface area contributed by atoms with Crippen LogP contribution in [0.1, 0.15) is 17.2 Å². The van der Waals surface area contributed by atoms with Gasteiger partial charge in [-0.1, -0.05) is 42.5 Å². The number of rotatable bonds is 4. The highest BCUT2D eigenvalue weighted by molar-refractivity contribution is 9.10. The number of benzene rings is 2. The van der Waals surface area contributed by atoms with Crippen LogP contribution in [0.4, 0.5) is 10.1 Å². The van der Waals surface area contributed by atoms with Crippen LogP contribution in [0.25, 0.3) is 0 Å². The second kappa shape index (κ2) is 6.97. The number of nitrogens with zero attached hydrogens (tertiary/aromatic N) is 2. The van der Waals surface area contributed by atoms with Crippen molar-refractivity contribution in [1.82, 2.24) is 9.78 Å². The lowest BCUT2D eigenvalue weighted by Crippen LogP contribution is -2.22. The molecule has 3 rings (SSSR count). The Bertz CT molecular complexity index is 894. The average molecular weight is 388 g/mol. The number of aromatic nitrogens is 2. The van der Waals surface area contributed by atoms with Gasteiger partial charge in [-0.3, -0.25) is 4.79 Å². The van der Waals surface area contributed by atoms with Gasteiger partial charge < -0.3 is 5.32 Å². The maximum absolute atomic E-state index is 13.3. The van der Waals surface area contributed by atoms with Gasteiger partial charge in [0, 0.05) is 7.05 Å². The monoisotopic (exact) mass is 387 g/mol. The van der Waals surface area contributed by atoms with Crippen LogP contribution in [0.5, 0.6) is 0 Å². The first-order valence-electron chi connectivity index (χ1n) is 7.35. The van der Waals surface area contributed by atoms with Crippen LogP contribution in [0.2, 0.25) is 0 Å². The minimum absolute atomic E-state index is 0.231. The van der Waals surface area contributed by atoms with Crippen molar-refractivity contribution in [3.63, 3.8) is 0 Å². The molecule has 0 bridgehead atoms. The Morgan fingerprint density at radius 2 is 1.71 bits per heavy atom. The zero-order valence-electron chi connectivity index (χ0n) is 12.9. The molecular weight excluding hydrogens is 373 g/mol. The number of aryl methyl sites for hydroxylation is 1. The van der Waals surface area contributed by atoms with Crippen molar-refractivity contribution < 1.29 is 4.39 Å². The molecule has 0 saturated carbocycles. The van der Waals surface area contributed by atoms with Gasteiger partial charge in [0.25, 0.3) is 5.56 Å². The van der Waals surface area contributed by atoms with E-state index in [1.165, 1.54) is 16.8 Å². The summed E-state index contributed by atoms with van der Waals surface area (Å²) in [5.74, 6) is -0.290. The van der Waals surface area contributed by atoms with Crippen molar-refractivity contribution in [2.75, 3.05) is 5.32 Å². The van der Waals surface area contributed by atoms with E-state index in [1.807, 2.05) is 30.3 Å².